The lowest BCUT2D eigenvalue weighted by Crippen LogP contribution is -2.20. The van der Waals surface area contributed by atoms with Gasteiger partial charge in [0, 0.05) is 16.8 Å². The molecule has 0 atom stereocenters. The van der Waals surface area contributed by atoms with Gasteiger partial charge in [-0.1, -0.05) is 11.6 Å². The van der Waals surface area contributed by atoms with Crippen LogP contribution in [0.4, 0.5) is 11.4 Å². The predicted octanol–water partition coefficient (Wildman–Crippen LogP) is 4.21. The summed E-state index contributed by atoms with van der Waals surface area (Å²) in [6, 6.07) is 14.7. The molecule has 0 unspecified atom stereocenters. The summed E-state index contributed by atoms with van der Waals surface area (Å²) >= 11 is 5.81. The van der Waals surface area contributed by atoms with E-state index in [4.69, 9.17) is 25.5 Å². The van der Waals surface area contributed by atoms with E-state index in [1.807, 2.05) is 0 Å². The number of hydrogen-bond donors (Lipinski definition) is 2. The highest BCUT2D eigenvalue weighted by atomic mass is 35.5. The molecule has 0 saturated carbocycles. The SMILES string of the molecule is COc1cc(NC(=O)COc2ccc(Cl)cc2)ccc1NC(=O)c1ccco1. The highest BCUT2D eigenvalue weighted by Crippen LogP contribution is 2.28. The highest BCUT2D eigenvalue weighted by molar-refractivity contribution is 6.30. The average Bonchev–Trinajstić information content (AvgIpc) is 3.23. The van der Waals surface area contributed by atoms with Crippen LogP contribution in [0.15, 0.2) is 65.3 Å². The number of carbonyl (C=O) groups is 2. The second-order valence-electron chi connectivity index (χ2n) is 5.64. The van der Waals surface area contributed by atoms with E-state index in [0.717, 1.165) is 0 Å². The molecule has 0 radical (unpaired) electrons. The van der Waals surface area contributed by atoms with E-state index >= 15 is 0 Å². The number of amides is 2. The van der Waals surface area contributed by atoms with Crippen molar-refractivity contribution >= 4 is 34.8 Å². The predicted molar refractivity (Wildman–Crippen MR) is 105 cm³/mol. The molecule has 144 valence electrons. The maximum Gasteiger partial charge on any atom is 0.291 e. The van der Waals surface area contributed by atoms with Crippen LogP contribution < -0.4 is 20.1 Å². The summed E-state index contributed by atoms with van der Waals surface area (Å²) in [5.41, 5.74) is 0.942. The van der Waals surface area contributed by atoms with Gasteiger partial charge in [0.1, 0.15) is 11.5 Å². The number of nitrogens with one attached hydrogen (secondary N) is 2. The molecule has 2 amide bonds. The maximum absolute atomic E-state index is 12.1. The maximum atomic E-state index is 12.1. The lowest BCUT2D eigenvalue weighted by molar-refractivity contribution is -0.118. The van der Waals surface area contributed by atoms with Crippen molar-refractivity contribution in [3.8, 4) is 11.5 Å². The Morgan fingerprint density at radius 1 is 1.07 bits per heavy atom. The highest BCUT2D eigenvalue weighted by Gasteiger charge is 2.13. The Labute approximate surface area is 166 Å². The van der Waals surface area contributed by atoms with Crippen molar-refractivity contribution in [1.29, 1.82) is 0 Å². The topological polar surface area (TPSA) is 89.8 Å². The van der Waals surface area contributed by atoms with E-state index < -0.39 is 5.91 Å². The van der Waals surface area contributed by atoms with Crippen molar-refractivity contribution in [2.45, 2.75) is 0 Å². The fourth-order valence-corrected chi connectivity index (χ4v) is 2.47. The first-order chi connectivity index (χ1) is 13.5. The fraction of sp³-hybridized carbons (Fsp3) is 0.100. The van der Waals surface area contributed by atoms with Crippen molar-refractivity contribution in [3.63, 3.8) is 0 Å². The lowest BCUT2D eigenvalue weighted by Gasteiger charge is -2.12. The average molecular weight is 401 g/mol. The number of ether oxygens (including phenoxy) is 2. The van der Waals surface area contributed by atoms with Gasteiger partial charge >= 0.3 is 0 Å². The molecule has 0 aliphatic rings. The Kier molecular flexibility index (Phi) is 6.18. The number of furan rings is 1. The van der Waals surface area contributed by atoms with Gasteiger partial charge in [-0.15, -0.1) is 0 Å². The van der Waals surface area contributed by atoms with Gasteiger partial charge < -0.3 is 24.5 Å². The standard InChI is InChI=1S/C20H17ClN2O5/c1-26-18-11-14(6-9-16(18)23-20(25)17-3-2-10-27-17)22-19(24)12-28-15-7-4-13(21)5-8-15/h2-11H,12H2,1H3,(H,22,24)(H,23,25). The van der Waals surface area contributed by atoms with Gasteiger partial charge in [-0.25, -0.2) is 0 Å². The Morgan fingerprint density at radius 3 is 2.54 bits per heavy atom. The molecule has 3 aromatic rings. The molecule has 0 bridgehead atoms. The Balaban J connectivity index is 1.60. The van der Waals surface area contributed by atoms with Crippen LogP contribution in [0.3, 0.4) is 0 Å². The van der Waals surface area contributed by atoms with Crippen molar-refractivity contribution in [2.24, 2.45) is 0 Å². The normalized spacial score (nSPS) is 10.2. The quantitative estimate of drug-likeness (QED) is 0.620. The van der Waals surface area contributed by atoms with Crippen LogP contribution >= 0.6 is 11.6 Å². The van der Waals surface area contributed by atoms with Gasteiger partial charge in [-0.2, -0.15) is 0 Å². The van der Waals surface area contributed by atoms with E-state index in [1.165, 1.54) is 13.4 Å². The number of halogens is 1. The smallest absolute Gasteiger partial charge is 0.291 e. The molecule has 2 aromatic carbocycles. The third-order valence-electron chi connectivity index (χ3n) is 3.66. The molecule has 0 aliphatic heterocycles. The molecule has 7 nitrogen and oxygen atoms in total. The summed E-state index contributed by atoms with van der Waals surface area (Å²) in [4.78, 5) is 24.2. The number of benzene rings is 2. The van der Waals surface area contributed by atoms with E-state index in [9.17, 15) is 9.59 Å². The zero-order valence-corrected chi connectivity index (χ0v) is 15.7. The number of methoxy groups -OCH3 is 1. The zero-order valence-electron chi connectivity index (χ0n) is 14.9. The van der Waals surface area contributed by atoms with Gasteiger partial charge in [-0.3, -0.25) is 9.59 Å². The lowest BCUT2D eigenvalue weighted by atomic mass is 10.2. The number of carbonyl (C=O) groups excluding carboxylic acids is 2. The van der Waals surface area contributed by atoms with Crippen molar-refractivity contribution in [2.75, 3.05) is 24.4 Å². The van der Waals surface area contributed by atoms with Crippen LogP contribution in [0.5, 0.6) is 11.5 Å². The van der Waals surface area contributed by atoms with E-state index in [2.05, 4.69) is 10.6 Å². The van der Waals surface area contributed by atoms with Crippen LogP contribution in [0.25, 0.3) is 0 Å². The van der Waals surface area contributed by atoms with Gasteiger partial charge in [0.25, 0.3) is 11.8 Å². The van der Waals surface area contributed by atoms with Crippen LogP contribution in [0.1, 0.15) is 10.6 Å². The molecular formula is C20H17ClN2O5. The molecule has 0 aliphatic carbocycles. The van der Waals surface area contributed by atoms with Crippen LogP contribution in [0.2, 0.25) is 5.02 Å². The van der Waals surface area contributed by atoms with E-state index in [1.54, 1.807) is 54.6 Å². The first-order valence-corrected chi connectivity index (χ1v) is 8.64. The number of hydrogen-bond acceptors (Lipinski definition) is 5. The third kappa shape index (κ3) is 5.05. The molecule has 0 fully saturated rings. The largest absolute Gasteiger partial charge is 0.494 e. The van der Waals surface area contributed by atoms with Gasteiger partial charge in [0.2, 0.25) is 0 Å². The minimum absolute atomic E-state index is 0.166. The number of rotatable bonds is 7. The van der Waals surface area contributed by atoms with Crippen molar-refractivity contribution in [1.82, 2.24) is 0 Å². The summed E-state index contributed by atoms with van der Waals surface area (Å²) in [5, 5.41) is 5.98. The zero-order chi connectivity index (χ0) is 19.9. The molecule has 0 spiro atoms. The fourth-order valence-electron chi connectivity index (χ4n) is 2.34. The Bertz CT molecular complexity index is 955. The van der Waals surface area contributed by atoms with Crippen LogP contribution in [-0.4, -0.2) is 25.5 Å². The minimum atomic E-state index is -0.406. The molecule has 2 N–H and O–H groups in total. The summed E-state index contributed by atoms with van der Waals surface area (Å²) in [6.45, 7) is -0.166. The summed E-state index contributed by atoms with van der Waals surface area (Å²) < 4.78 is 15.7. The van der Waals surface area contributed by atoms with Crippen molar-refractivity contribution < 1.29 is 23.5 Å². The Morgan fingerprint density at radius 2 is 1.86 bits per heavy atom. The number of anilines is 2. The first kappa shape index (κ1) is 19.3. The molecule has 28 heavy (non-hydrogen) atoms. The van der Waals surface area contributed by atoms with Gasteiger partial charge in [0.05, 0.1) is 19.1 Å². The molecular weight excluding hydrogens is 384 g/mol. The van der Waals surface area contributed by atoms with E-state index in [-0.39, 0.29) is 18.3 Å². The van der Waals surface area contributed by atoms with Crippen LogP contribution in [-0.2, 0) is 4.79 Å². The minimum Gasteiger partial charge on any atom is -0.494 e. The second kappa shape index (κ2) is 8.96. The first-order valence-electron chi connectivity index (χ1n) is 8.26. The second-order valence-corrected chi connectivity index (χ2v) is 6.07. The van der Waals surface area contributed by atoms with Gasteiger partial charge in [-0.05, 0) is 48.5 Å². The van der Waals surface area contributed by atoms with Crippen LogP contribution in [0, 0.1) is 0 Å². The summed E-state index contributed by atoms with van der Waals surface area (Å²) in [6.07, 6.45) is 1.41. The van der Waals surface area contributed by atoms with E-state index in [0.29, 0.717) is 27.9 Å². The molecule has 3 rings (SSSR count). The van der Waals surface area contributed by atoms with Gasteiger partial charge in [0.15, 0.2) is 12.4 Å². The molecule has 8 heteroatoms. The summed E-state index contributed by atoms with van der Waals surface area (Å²) in [7, 11) is 1.47. The molecule has 1 aromatic heterocycles. The Hall–Kier alpha value is -3.45. The molecule has 0 saturated heterocycles. The molecule has 1 heterocycles. The summed E-state index contributed by atoms with van der Waals surface area (Å²) in [5.74, 6) is 0.351. The third-order valence-corrected chi connectivity index (χ3v) is 3.91. The van der Waals surface area contributed by atoms with Crippen molar-refractivity contribution in [3.05, 3.63) is 71.6 Å². The monoisotopic (exact) mass is 400 g/mol.